The van der Waals surface area contributed by atoms with Gasteiger partial charge in [0.2, 0.25) is 0 Å². The van der Waals surface area contributed by atoms with Crippen molar-refractivity contribution in [2.24, 2.45) is 7.05 Å². The largest absolute Gasteiger partial charge is 0.340 e. The van der Waals surface area contributed by atoms with Gasteiger partial charge in [0, 0.05) is 28.7 Å². The Labute approximate surface area is 128 Å². The SMILES string of the molecule is Cc1ccc(NC(=O)c2cc3ccccc3n2C)cc1Cl. The summed E-state index contributed by atoms with van der Waals surface area (Å²) in [6.45, 7) is 1.93. The first-order chi connectivity index (χ1) is 10.1. The van der Waals surface area contributed by atoms with Crippen LogP contribution in [0.4, 0.5) is 5.69 Å². The lowest BCUT2D eigenvalue weighted by molar-refractivity contribution is 0.102. The van der Waals surface area contributed by atoms with Gasteiger partial charge in [-0.05, 0) is 36.8 Å². The first kappa shape index (κ1) is 13.7. The zero-order valence-electron chi connectivity index (χ0n) is 11.9. The lowest BCUT2D eigenvalue weighted by atomic mass is 10.2. The van der Waals surface area contributed by atoms with Crippen LogP contribution in [0, 0.1) is 6.92 Å². The maximum absolute atomic E-state index is 12.4. The van der Waals surface area contributed by atoms with Crippen molar-refractivity contribution in [3.63, 3.8) is 0 Å². The Morgan fingerprint density at radius 2 is 1.90 bits per heavy atom. The molecule has 3 aromatic rings. The first-order valence-corrected chi connectivity index (χ1v) is 7.06. The molecule has 0 aliphatic rings. The summed E-state index contributed by atoms with van der Waals surface area (Å²) in [7, 11) is 1.89. The van der Waals surface area contributed by atoms with Crippen LogP contribution in [-0.4, -0.2) is 10.5 Å². The van der Waals surface area contributed by atoms with E-state index in [0.29, 0.717) is 16.4 Å². The molecule has 0 spiro atoms. The highest BCUT2D eigenvalue weighted by Gasteiger charge is 2.13. The van der Waals surface area contributed by atoms with Crippen LogP contribution >= 0.6 is 11.6 Å². The number of carbonyl (C=O) groups is 1. The van der Waals surface area contributed by atoms with Crippen LogP contribution < -0.4 is 5.32 Å². The number of fused-ring (bicyclic) bond motifs is 1. The molecule has 0 saturated heterocycles. The predicted octanol–water partition coefficient (Wildman–Crippen LogP) is 4.39. The van der Waals surface area contributed by atoms with Crippen LogP contribution in [0.3, 0.4) is 0 Å². The van der Waals surface area contributed by atoms with Crippen LogP contribution in [-0.2, 0) is 7.05 Å². The van der Waals surface area contributed by atoms with E-state index < -0.39 is 0 Å². The van der Waals surface area contributed by atoms with E-state index in [9.17, 15) is 4.79 Å². The summed E-state index contributed by atoms with van der Waals surface area (Å²) in [5.74, 6) is -0.145. The molecule has 3 nitrogen and oxygen atoms in total. The van der Waals surface area contributed by atoms with Gasteiger partial charge in [-0.25, -0.2) is 0 Å². The fourth-order valence-corrected chi connectivity index (χ4v) is 2.55. The van der Waals surface area contributed by atoms with Crippen LogP contribution in [0.1, 0.15) is 16.1 Å². The molecule has 1 N–H and O–H groups in total. The fourth-order valence-electron chi connectivity index (χ4n) is 2.37. The van der Waals surface area contributed by atoms with Crippen LogP contribution in [0.15, 0.2) is 48.5 Å². The minimum atomic E-state index is -0.145. The molecule has 0 radical (unpaired) electrons. The van der Waals surface area contributed by atoms with Gasteiger partial charge in [0.1, 0.15) is 5.69 Å². The third kappa shape index (κ3) is 2.52. The molecule has 21 heavy (non-hydrogen) atoms. The van der Waals surface area contributed by atoms with Gasteiger partial charge in [-0.2, -0.15) is 0 Å². The summed E-state index contributed by atoms with van der Waals surface area (Å²) in [4.78, 5) is 12.4. The van der Waals surface area contributed by atoms with Gasteiger partial charge in [0.15, 0.2) is 0 Å². The lowest BCUT2D eigenvalue weighted by Gasteiger charge is -2.08. The van der Waals surface area contributed by atoms with Crippen molar-refractivity contribution in [1.29, 1.82) is 0 Å². The van der Waals surface area contributed by atoms with Crippen molar-refractivity contribution in [2.75, 3.05) is 5.32 Å². The first-order valence-electron chi connectivity index (χ1n) is 6.68. The maximum Gasteiger partial charge on any atom is 0.272 e. The zero-order chi connectivity index (χ0) is 15.0. The van der Waals surface area contributed by atoms with Crippen molar-refractivity contribution in [2.45, 2.75) is 6.92 Å². The number of para-hydroxylation sites is 1. The number of nitrogens with zero attached hydrogens (tertiary/aromatic N) is 1. The number of anilines is 1. The molecule has 1 amide bonds. The number of hydrogen-bond donors (Lipinski definition) is 1. The van der Waals surface area contributed by atoms with Gasteiger partial charge in [0.25, 0.3) is 5.91 Å². The normalized spacial score (nSPS) is 10.8. The van der Waals surface area contributed by atoms with E-state index in [-0.39, 0.29) is 5.91 Å². The summed E-state index contributed by atoms with van der Waals surface area (Å²) >= 11 is 6.08. The molecule has 0 bridgehead atoms. The molecule has 0 atom stereocenters. The molecule has 106 valence electrons. The maximum atomic E-state index is 12.4. The molecule has 2 aromatic carbocycles. The highest BCUT2D eigenvalue weighted by atomic mass is 35.5. The van der Waals surface area contributed by atoms with Crippen LogP contribution in [0.25, 0.3) is 10.9 Å². The number of hydrogen-bond acceptors (Lipinski definition) is 1. The molecule has 0 fully saturated rings. The van der Waals surface area contributed by atoms with Crippen molar-refractivity contribution in [3.05, 3.63) is 64.8 Å². The van der Waals surface area contributed by atoms with Crippen molar-refractivity contribution >= 4 is 34.1 Å². The van der Waals surface area contributed by atoms with Crippen LogP contribution in [0.2, 0.25) is 5.02 Å². The van der Waals surface area contributed by atoms with Gasteiger partial charge < -0.3 is 9.88 Å². The molecule has 0 aliphatic heterocycles. The number of amides is 1. The molecule has 1 aromatic heterocycles. The Bertz CT molecular complexity index is 836. The average Bonchev–Trinajstić information content (AvgIpc) is 2.81. The Morgan fingerprint density at radius 1 is 1.14 bits per heavy atom. The summed E-state index contributed by atoms with van der Waals surface area (Å²) in [5, 5.41) is 4.58. The molecule has 0 aliphatic carbocycles. The van der Waals surface area contributed by atoms with Gasteiger partial charge in [0.05, 0.1) is 0 Å². The molecule has 1 heterocycles. The summed E-state index contributed by atoms with van der Waals surface area (Å²) < 4.78 is 1.89. The fraction of sp³-hybridized carbons (Fsp3) is 0.118. The van der Waals surface area contributed by atoms with E-state index in [1.165, 1.54) is 0 Å². The average molecular weight is 299 g/mol. The molecule has 0 saturated carbocycles. The second kappa shape index (κ2) is 5.26. The van der Waals surface area contributed by atoms with E-state index in [1.807, 2.05) is 61.0 Å². The zero-order valence-corrected chi connectivity index (χ0v) is 12.6. The highest BCUT2D eigenvalue weighted by molar-refractivity contribution is 6.31. The topological polar surface area (TPSA) is 34.0 Å². The van der Waals surface area contributed by atoms with E-state index in [0.717, 1.165) is 16.5 Å². The summed E-state index contributed by atoms with van der Waals surface area (Å²) in [6, 6.07) is 15.3. The third-order valence-corrected chi connectivity index (χ3v) is 4.02. The molecular formula is C17H15ClN2O. The standard InChI is InChI=1S/C17H15ClN2O/c1-11-7-8-13(10-14(11)18)19-17(21)16-9-12-5-3-4-6-15(12)20(16)2/h3-10H,1-2H3,(H,19,21). The second-order valence-electron chi connectivity index (χ2n) is 5.07. The lowest BCUT2D eigenvalue weighted by Crippen LogP contribution is -2.15. The van der Waals surface area contributed by atoms with Gasteiger partial charge in [-0.15, -0.1) is 0 Å². The number of aryl methyl sites for hydroxylation is 2. The number of aromatic nitrogens is 1. The number of rotatable bonds is 2. The summed E-state index contributed by atoms with van der Waals surface area (Å²) in [5.41, 5.74) is 3.33. The number of nitrogens with one attached hydrogen (secondary N) is 1. The minimum absolute atomic E-state index is 0.145. The molecule has 0 unspecified atom stereocenters. The van der Waals surface area contributed by atoms with Crippen molar-refractivity contribution in [3.8, 4) is 0 Å². The summed E-state index contributed by atoms with van der Waals surface area (Å²) in [6.07, 6.45) is 0. The van der Waals surface area contributed by atoms with Gasteiger partial charge in [-0.1, -0.05) is 35.9 Å². The number of benzene rings is 2. The smallest absolute Gasteiger partial charge is 0.272 e. The quantitative estimate of drug-likeness (QED) is 0.748. The van der Waals surface area contributed by atoms with E-state index in [2.05, 4.69) is 5.32 Å². The van der Waals surface area contributed by atoms with E-state index >= 15 is 0 Å². The third-order valence-electron chi connectivity index (χ3n) is 3.61. The van der Waals surface area contributed by atoms with Crippen molar-refractivity contribution < 1.29 is 4.79 Å². The second-order valence-corrected chi connectivity index (χ2v) is 5.47. The number of halogens is 1. The van der Waals surface area contributed by atoms with Gasteiger partial charge in [-0.3, -0.25) is 4.79 Å². The molecular weight excluding hydrogens is 284 g/mol. The Kier molecular flexibility index (Phi) is 3.43. The monoisotopic (exact) mass is 298 g/mol. The Morgan fingerprint density at radius 3 is 2.62 bits per heavy atom. The molecule has 3 rings (SSSR count). The van der Waals surface area contributed by atoms with Gasteiger partial charge >= 0.3 is 0 Å². The number of carbonyl (C=O) groups excluding carboxylic acids is 1. The predicted molar refractivity (Wildman–Crippen MR) is 87.1 cm³/mol. The Balaban J connectivity index is 1.93. The van der Waals surface area contributed by atoms with E-state index in [4.69, 9.17) is 11.6 Å². The van der Waals surface area contributed by atoms with Crippen LogP contribution in [0.5, 0.6) is 0 Å². The van der Waals surface area contributed by atoms with E-state index in [1.54, 1.807) is 6.07 Å². The Hall–Kier alpha value is -2.26. The molecule has 4 heteroatoms. The van der Waals surface area contributed by atoms with Crippen molar-refractivity contribution in [1.82, 2.24) is 4.57 Å². The highest BCUT2D eigenvalue weighted by Crippen LogP contribution is 2.22. The minimum Gasteiger partial charge on any atom is -0.340 e.